The zero-order chi connectivity index (χ0) is 24.7. The number of aromatic amines is 1. The molecule has 0 aliphatic rings. The van der Waals surface area contributed by atoms with Crippen molar-refractivity contribution in [1.82, 2.24) is 9.78 Å². The molecule has 0 aliphatic carbocycles. The Balaban J connectivity index is 2.18. The molecule has 7 nitrogen and oxygen atoms in total. The highest BCUT2D eigenvalue weighted by atomic mass is 32.2. The third-order valence-corrected chi connectivity index (χ3v) is 6.41. The monoisotopic (exact) mass is 470 g/mol. The van der Waals surface area contributed by atoms with E-state index in [9.17, 15) is 18.0 Å². The average Bonchev–Trinajstić information content (AvgIpc) is 3.08. The van der Waals surface area contributed by atoms with E-state index in [1.165, 1.54) is 23.0 Å². The molecule has 8 heteroatoms. The van der Waals surface area contributed by atoms with Crippen molar-refractivity contribution in [3.63, 3.8) is 0 Å². The van der Waals surface area contributed by atoms with Gasteiger partial charge in [-0.2, -0.15) is 0 Å². The molecule has 0 spiro atoms. The van der Waals surface area contributed by atoms with Crippen molar-refractivity contribution in [2.24, 2.45) is 0 Å². The van der Waals surface area contributed by atoms with Crippen LogP contribution in [0.2, 0.25) is 0 Å². The number of rotatable bonds is 6. The van der Waals surface area contributed by atoms with E-state index in [2.05, 4.69) is 5.10 Å². The molecule has 33 heavy (non-hydrogen) atoms. The van der Waals surface area contributed by atoms with Gasteiger partial charge in [0, 0.05) is 23.6 Å². The number of ketones is 1. The number of carbonyl (C=O) groups excluding carboxylic acids is 1. The van der Waals surface area contributed by atoms with E-state index in [0.717, 1.165) is 6.26 Å². The zero-order valence-electron chi connectivity index (χ0n) is 20.0. The molecule has 0 fully saturated rings. The Kier molecular flexibility index (Phi) is 6.44. The lowest BCUT2D eigenvalue weighted by Crippen LogP contribution is -2.34. The zero-order valence-corrected chi connectivity index (χ0v) is 20.8. The van der Waals surface area contributed by atoms with E-state index in [1.807, 2.05) is 34.6 Å². The van der Waals surface area contributed by atoms with Crippen molar-refractivity contribution in [3.8, 4) is 16.9 Å². The maximum absolute atomic E-state index is 13.3. The summed E-state index contributed by atoms with van der Waals surface area (Å²) in [5.41, 5.74) is 0.907. The number of carbonyl (C=O) groups is 1. The lowest BCUT2D eigenvalue weighted by molar-refractivity contribution is 0.103. The van der Waals surface area contributed by atoms with Crippen LogP contribution in [0.25, 0.3) is 11.1 Å². The van der Waals surface area contributed by atoms with Crippen molar-refractivity contribution in [2.45, 2.75) is 58.1 Å². The number of sulfone groups is 1. The predicted octanol–water partition coefficient (Wildman–Crippen LogP) is 4.33. The minimum atomic E-state index is -3.58. The third-order valence-electron chi connectivity index (χ3n) is 5.27. The molecule has 1 aromatic heterocycles. The lowest BCUT2D eigenvalue weighted by Gasteiger charge is -2.19. The van der Waals surface area contributed by atoms with Gasteiger partial charge in [-0.25, -0.2) is 13.1 Å². The fourth-order valence-corrected chi connectivity index (χ4v) is 4.71. The standard InChI is InChI=1S/C25H30N2O5S/c1-15(2)32-18-10-8-17(9-11-18)22-16(3)19(12-13-21(22)33(7,30)31)23(28)20-14-26-27(24(20)29)25(4,5)6/h8-15,26H,1-7H3. The van der Waals surface area contributed by atoms with E-state index in [4.69, 9.17) is 4.74 Å². The summed E-state index contributed by atoms with van der Waals surface area (Å²) in [6.07, 6.45) is 2.54. The first-order valence-electron chi connectivity index (χ1n) is 10.7. The molecule has 1 heterocycles. The molecule has 2 aromatic carbocycles. The summed E-state index contributed by atoms with van der Waals surface area (Å²) in [5, 5.41) is 2.86. The number of ether oxygens (including phenoxy) is 1. The Morgan fingerprint density at radius 1 is 1.03 bits per heavy atom. The minimum absolute atomic E-state index is 0.00335. The number of aromatic nitrogens is 2. The minimum Gasteiger partial charge on any atom is -0.491 e. The fraction of sp³-hybridized carbons (Fsp3) is 0.360. The highest BCUT2D eigenvalue weighted by Gasteiger charge is 2.26. The van der Waals surface area contributed by atoms with Gasteiger partial charge in [0.1, 0.15) is 11.3 Å². The van der Waals surface area contributed by atoms with Crippen LogP contribution in [0.15, 0.2) is 52.3 Å². The first-order valence-corrected chi connectivity index (χ1v) is 12.6. The summed E-state index contributed by atoms with van der Waals surface area (Å²) in [7, 11) is -3.58. The Bertz CT molecular complexity index is 1360. The van der Waals surface area contributed by atoms with Gasteiger partial charge in [0.15, 0.2) is 15.6 Å². The molecule has 0 bridgehead atoms. The van der Waals surface area contributed by atoms with Crippen LogP contribution in [0.5, 0.6) is 5.75 Å². The number of nitrogens with zero attached hydrogens (tertiary/aromatic N) is 1. The summed E-state index contributed by atoms with van der Waals surface area (Å²) in [6, 6.07) is 9.98. The second-order valence-corrected chi connectivity index (χ2v) is 11.4. The van der Waals surface area contributed by atoms with Gasteiger partial charge in [-0.3, -0.25) is 9.59 Å². The molecule has 0 atom stereocenters. The molecule has 0 aliphatic heterocycles. The van der Waals surface area contributed by atoms with Crippen molar-refractivity contribution in [3.05, 3.63) is 69.6 Å². The van der Waals surface area contributed by atoms with Crippen molar-refractivity contribution in [2.75, 3.05) is 6.26 Å². The van der Waals surface area contributed by atoms with Crippen molar-refractivity contribution < 1.29 is 17.9 Å². The highest BCUT2D eigenvalue weighted by molar-refractivity contribution is 7.90. The van der Waals surface area contributed by atoms with E-state index in [0.29, 0.717) is 22.4 Å². The van der Waals surface area contributed by atoms with Crippen LogP contribution in [0.1, 0.15) is 56.1 Å². The van der Waals surface area contributed by atoms with E-state index < -0.39 is 26.7 Å². The number of hydrogen-bond donors (Lipinski definition) is 1. The maximum Gasteiger partial charge on any atom is 0.278 e. The molecule has 0 saturated carbocycles. The highest BCUT2D eigenvalue weighted by Crippen LogP contribution is 2.34. The van der Waals surface area contributed by atoms with Gasteiger partial charge in [0.25, 0.3) is 5.56 Å². The van der Waals surface area contributed by atoms with Crippen LogP contribution in [0.3, 0.4) is 0 Å². The number of benzene rings is 2. The van der Waals surface area contributed by atoms with Gasteiger partial charge in [-0.1, -0.05) is 12.1 Å². The molecule has 0 saturated heterocycles. The van der Waals surface area contributed by atoms with Gasteiger partial charge >= 0.3 is 0 Å². The van der Waals surface area contributed by atoms with Crippen LogP contribution in [0, 0.1) is 6.92 Å². The average molecular weight is 471 g/mol. The summed E-state index contributed by atoms with van der Waals surface area (Å²) in [5.74, 6) is 0.201. The number of nitrogens with one attached hydrogen (secondary N) is 1. The first-order chi connectivity index (χ1) is 15.2. The van der Waals surface area contributed by atoms with Crippen molar-refractivity contribution in [1.29, 1.82) is 0 Å². The van der Waals surface area contributed by atoms with Crippen LogP contribution in [0.4, 0.5) is 0 Å². The van der Waals surface area contributed by atoms with Gasteiger partial charge in [-0.05, 0) is 76.9 Å². The van der Waals surface area contributed by atoms with Crippen molar-refractivity contribution >= 4 is 15.6 Å². The Labute approximate surface area is 194 Å². The Morgan fingerprint density at radius 3 is 2.12 bits per heavy atom. The van der Waals surface area contributed by atoms with Gasteiger partial charge in [-0.15, -0.1) is 0 Å². The smallest absolute Gasteiger partial charge is 0.278 e. The van der Waals surface area contributed by atoms with Crippen LogP contribution >= 0.6 is 0 Å². The molecule has 176 valence electrons. The second kappa shape index (κ2) is 8.67. The number of hydrogen-bond acceptors (Lipinski definition) is 5. The van der Waals surface area contributed by atoms with E-state index in [1.54, 1.807) is 31.2 Å². The molecule has 1 N–H and O–H groups in total. The van der Waals surface area contributed by atoms with Crippen LogP contribution < -0.4 is 10.3 Å². The van der Waals surface area contributed by atoms with E-state index in [-0.39, 0.29) is 22.1 Å². The number of H-pyrrole nitrogens is 1. The molecule has 0 radical (unpaired) electrons. The summed E-state index contributed by atoms with van der Waals surface area (Å²) in [4.78, 5) is 26.3. The maximum atomic E-state index is 13.3. The van der Waals surface area contributed by atoms with Gasteiger partial charge in [0.05, 0.1) is 16.5 Å². The van der Waals surface area contributed by atoms with Gasteiger partial charge < -0.3 is 9.84 Å². The second-order valence-electron chi connectivity index (χ2n) is 9.40. The fourth-order valence-electron chi connectivity index (χ4n) is 3.75. The SMILES string of the molecule is Cc1c(C(=O)c2c[nH]n(C(C)(C)C)c2=O)ccc(S(C)(=O)=O)c1-c1ccc(OC(C)C)cc1. The molecular weight excluding hydrogens is 440 g/mol. The lowest BCUT2D eigenvalue weighted by atomic mass is 9.93. The van der Waals surface area contributed by atoms with Gasteiger partial charge in [0.2, 0.25) is 0 Å². The summed E-state index contributed by atoms with van der Waals surface area (Å²) >= 11 is 0. The molecule has 0 unspecified atom stereocenters. The molecule has 3 rings (SSSR count). The topological polar surface area (TPSA) is 98.2 Å². The molecule has 0 amide bonds. The van der Waals surface area contributed by atoms with Crippen LogP contribution in [-0.2, 0) is 15.4 Å². The molecular formula is C25H30N2O5S. The van der Waals surface area contributed by atoms with Crippen LogP contribution in [-0.4, -0.2) is 36.3 Å². The third kappa shape index (κ3) is 4.95. The van der Waals surface area contributed by atoms with E-state index >= 15 is 0 Å². The Hall–Kier alpha value is -3.13. The quantitative estimate of drug-likeness (QED) is 0.541. The summed E-state index contributed by atoms with van der Waals surface area (Å²) < 4.78 is 32.2. The largest absolute Gasteiger partial charge is 0.491 e. The normalized spacial score (nSPS) is 12.2. The first kappa shape index (κ1) is 24.5. The Morgan fingerprint density at radius 2 is 1.64 bits per heavy atom. The predicted molar refractivity (Wildman–Crippen MR) is 129 cm³/mol. The summed E-state index contributed by atoms with van der Waals surface area (Å²) in [6.45, 7) is 11.1. The molecule has 3 aromatic rings.